The van der Waals surface area contributed by atoms with Crippen LogP contribution in [0.25, 0.3) is 0 Å². The molecule has 3 N–H and O–H groups in total. The number of rotatable bonds is 6. The molecule has 0 fully saturated rings. The highest BCUT2D eigenvalue weighted by atomic mass is 35.5. The van der Waals surface area contributed by atoms with Crippen molar-refractivity contribution in [1.29, 1.82) is 0 Å². The number of ether oxygens (including phenoxy) is 1. The van der Waals surface area contributed by atoms with Crippen molar-refractivity contribution in [3.63, 3.8) is 0 Å². The van der Waals surface area contributed by atoms with Crippen LogP contribution < -0.4 is 15.8 Å². The highest BCUT2D eigenvalue weighted by Crippen LogP contribution is 2.25. The summed E-state index contributed by atoms with van der Waals surface area (Å²) >= 11 is 6.07. The number of hydrogen-bond acceptors (Lipinski definition) is 3. The van der Waals surface area contributed by atoms with Gasteiger partial charge in [-0.2, -0.15) is 0 Å². The zero-order valence-corrected chi connectivity index (χ0v) is 11.5. The Balaban J connectivity index is 2.55. The van der Waals surface area contributed by atoms with E-state index in [-0.39, 0.29) is 25.1 Å². The second-order valence-corrected chi connectivity index (χ2v) is 4.62. The predicted octanol–water partition coefficient (Wildman–Crippen LogP) is 1.36. The fourth-order valence-corrected chi connectivity index (χ4v) is 1.76. The van der Waals surface area contributed by atoms with Crippen LogP contribution in [0.1, 0.15) is 12.5 Å². The number of benzene rings is 1. The van der Waals surface area contributed by atoms with Crippen molar-refractivity contribution < 1.29 is 9.53 Å². The van der Waals surface area contributed by atoms with Crippen LogP contribution in [-0.2, 0) is 11.2 Å². The van der Waals surface area contributed by atoms with E-state index in [2.05, 4.69) is 11.2 Å². The highest BCUT2D eigenvalue weighted by molar-refractivity contribution is 6.32. The molecule has 1 unspecified atom stereocenters. The summed E-state index contributed by atoms with van der Waals surface area (Å²) in [6.45, 7) is 1.99. The molecule has 0 saturated carbocycles. The molecule has 0 aliphatic carbocycles. The molecule has 1 rings (SSSR count). The predicted molar refractivity (Wildman–Crippen MR) is 76.1 cm³/mol. The third kappa shape index (κ3) is 5.64. The lowest BCUT2D eigenvalue weighted by molar-refractivity contribution is -0.122. The van der Waals surface area contributed by atoms with Gasteiger partial charge in [0.05, 0.1) is 11.6 Å². The zero-order valence-electron chi connectivity index (χ0n) is 10.8. The third-order valence-corrected chi connectivity index (χ3v) is 2.60. The minimum Gasteiger partial charge on any atom is -0.482 e. The maximum absolute atomic E-state index is 11.3. The monoisotopic (exact) mass is 280 g/mol. The van der Waals surface area contributed by atoms with Gasteiger partial charge in [-0.15, -0.1) is 6.42 Å². The molecular weight excluding hydrogens is 264 g/mol. The van der Waals surface area contributed by atoms with Crippen molar-refractivity contribution in [2.45, 2.75) is 19.4 Å². The summed E-state index contributed by atoms with van der Waals surface area (Å²) in [6.07, 6.45) is 5.77. The number of halogens is 1. The molecule has 0 radical (unpaired) electrons. The molecule has 1 aromatic carbocycles. The van der Waals surface area contributed by atoms with E-state index in [9.17, 15) is 4.79 Å². The minimum atomic E-state index is -0.284. The first-order valence-electron chi connectivity index (χ1n) is 5.90. The minimum absolute atomic E-state index is 0.0670. The normalized spacial score (nSPS) is 11.5. The lowest BCUT2D eigenvalue weighted by Gasteiger charge is -2.10. The summed E-state index contributed by atoms with van der Waals surface area (Å²) in [5.74, 6) is 2.49. The molecule has 1 aromatic rings. The molecular formula is C14H17ClN2O2. The average Bonchev–Trinajstić information content (AvgIpc) is 2.34. The molecule has 0 spiro atoms. The average molecular weight is 281 g/mol. The SMILES string of the molecule is C#CCNC(=O)COc1ccc(CC(C)N)cc1Cl. The smallest absolute Gasteiger partial charge is 0.258 e. The van der Waals surface area contributed by atoms with E-state index in [4.69, 9.17) is 28.5 Å². The van der Waals surface area contributed by atoms with Crippen molar-refractivity contribution in [1.82, 2.24) is 5.32 Å². The molecule has 1 atom stereocenters. The molecule has 19 heavy (non-hydrogen) atoms. The van der Waals surface area contributed by atoms with Crippen LogP contribution in [-0.4, -0.2) is 25.1 Å². The van der Waals surface area contributed by atoms with E-state index < -0.39 is 0 Å². The topological polar surface area (TPSA) is 64.3 Å². The molecule has 0 aromatic heterocycles. The van der Waals surface area contributed by atoms with Crippen LogP contribution >= 0.6 is 11.6 Å². The Labute approximate surface area is 118 Å². The van der Waals surface area contributed by atoms with Crippen LogP contribution in [0.4, 0.5) is 0 Å². The van der Waals surface area contributed by atoms with Gasteiger partial charge in [-0.1, -0.05) is 23.6 Å². The van der Waals surface area contributed by atoms with E-state index in [0.29, 0.717) is 10.8 Å². The summed E-state index contributed by atoms with van der Waals surface area (Å²) in [5, 5.41) is 2.96. The second-order valence-electron chi connectivity index (χ2n) is 4.22. The summed E-state index contributed by atoms with van der Waals surface area (Å²) in [6, 6.07) is 5.47. The van der Waals surface area contributed by atoms with E-state index in [1.807, 2.05) is 13.0 Å². The Hall–Kier alpha value is -1.70. The van der Waals surface area contributed by atoms with E-state index in [1.165, 1.54) is 0 Å². The standard InChI is InChI=1S/C14H17ClN2O2/c1-3-6-17-14(18)9-19-13-5-4-11(7-10(2)16)8-12(13)15/h1,4-5,8,10H,6-7,9,16H2,2H3,(H,17,18). The van der Waals surface area contributed by atoms with Gasteiger partial charge >= 0.3 is 0 Å². The van der Waals surface area contributed by atoms with Gasteiger partial charge in [0.2, 0.25) is 0 Å². The molecule has 0 aliphatic heterocycles. The van der Waals surface area contributed by atoms with E-state index in [0.717, 1.165) is 12.0 Å². The van der Waals surface area contributed by atoms with Crippen LogP contribution in [0.15, 0.2) is 18.2 Å². The number of nitrogens with one attached hydrogen (secondary N) is 1. The Morgan fingerprint density at radius 1 is 1.63 bits per heavy atom. The number of carbonyl (C=O) groups is 1. The van der Waals surface area contributed by atoms with Gasteiger partial charge in [0.1, 0.15) is 5.75 Å². The van der Waals surface area contributed by atoms with Crippen molar-refractivity contribution in [2.24, 2.45) is 5.73 Å². The Kier molecular flexibility index (Phi) is 6.20. The van der Waals surface area contributed by atoms with Crippen molar-refractivity contribution in [3.8, 4) is 18.1 Å². The quantitative estimate of drug-likeness (QED) is 0.774. The third-order valence-electron chi connectivity index (χ3n) is 2.30. The molecule has 0 heterocycles. The van der Waals surface area contributed by atoms with E-state index >= 15 is 0 Å². The van der Waals surface area contributed by atoms with E-state index in [1.54, 1.807) is 12.1 Å². The molecule has 5 heteroatoms. The second kappa shape index (κ2) is 7.67. The van der Waals surface area contributed by atoms with Crippen molar-refractivity contribution in [2.75, 3.05) is 13.2 Å². The summed E-state index contributed by atoms with van der Waals surface area (Å²) < 4.78 is 5.31. The van der Waals surface area contributed by atoms with Crippen LogP contribution in [0, 0.1) is 12.3 Å². The lowest BCUT2D eigenvalue weighted by Crippen LogP contribution is -2.29. The molecule has 4 nitrogen and oxygen atoms in total. The maximum atomic E-state index is 11.3. The number of amides is 1. The van der Waals surface area contributed by atoms with Crippen LogP contribution in [0.3, 0.4) is 0 Å². The maximum Gasteiger partial charge on any atom is 0.258 e. The fraction of sp³-hybridized carbons (Fsp3) is 0.357. The summed E-state index contributed by atoms with van der Waals surface area (Å²) in [5.41, 5.74) is 6.75. The number of nitrogens with two attached hydrogens (primary N) is 1. The Bertz CT molecular complexity index is 481. The molecule has 0 saturated heterocycles. The van der Waals surface area contributed by atoms with Gasteiger partial charge in [0.25, 0.3) is 5.91 Å². The molecule has 1 amide bonds. The number of hydrogen-bond donors (Lipinski definition) is 2. The van der Waals surface area contributed by atoms with Gasteiger partial charge < -0.3 is 15.8 Å². The van der Waals surface area contributed by atoms with Crippen molar-refractivity contribution in [3.05, 3.63) is 28.8 Å². The first-order chi connectivity index (χ1) is 9.02. The first-order valence-corrected chi connectivity index (χ1v) is 6.27. The lowest BCUT2D eigenvalue weighted by atomic mass is 10.1. The molecule has 0 aliphatic rings. The molecule has 102 valence electrons. The Morgan fingerprint density at radius 2 is 2.37 bits per heavy atom. The number of terminal acetylenes is 1. The number of carbonyl (C=O) groups excluding carboxylic acids is 1. The first kappa shape index (κ1) is 15.4. The van der Waals surface area contributed by atoms with Gasteiger partial charge in [0, 0.05) is 6.04 Å². The zero-order chi connectivity index (χ0) is 14.3. The van der Waals surface area contributed by atoms with Crippen LogP contribution in [0.5, 0.6) is 5.75 Å². The Morgan fingerprint density at radius 3 is 2.95 bits per heavy atom. The van der Waals surface area contributed by atoms with Gasteiger partial charge in [0.15, 0.2) is 6.61 Å². The fourth-order valence-electron chi connectivity index (χ4n) is 1.50. The van der Waals surface area contributed by atoms with Gasteiger partial charge in [-0.05, 0) is 31.0 Å². The summed E-state index contributed by atoms with van der Waals surface area (Å²) in [7, 11) is 0. The molecule has 0 bridgehead atoms. The van der Waals surface area contributed by atoms with Crippen molar-refractivity contribution >= 4 is 17.5 Å². The largest absolute Gasteiger partial charge is 0.482 e. The van der Waals surface area contributed by atoms with Crippen LogP contribution in [0.2, 0.25) is 5.02 Å². The highest BCUT2D eigenvalue weighted by Gasteiger charge is 2.07. The summed E-state index contributed by atoms with van der Waals surface area (Å²) in [4.78, 5) is 11.3. The van der Waals surface area contributed by atoms with Gasteiger partial charge in [-0.25, -0.2) is 0 Å². The van der Waals surface area contributed by atoms with Gasteiger partial charge in [-0.3, -0.25) is 4.79 Å².